The molecular formula is C17H25Cl3O2Si. The SMILES string of the molecule is CCCC(C)C1(C)OCc2cc(CCC[Si](Cl)(Cl)Cl)ccc2O1. The molecule has 23 heavy (non-hydrogen) atoms. The van der Waals surface area contributed by atoms with Crippen molar-refractivity contribution in [1.82, 2.24) is 0 Å². The van der Waals surface area contributed by atoms with Gasteiger partial charge in [-0.25, -0.2) is 0 Å². The number of ether oxygens (including phenoxy) is 2. The maximum absolute atomic E-state index is 6.17. The predicted molar refractivity (Wildman–Crippen MR) is 101 cm³/mol. The van der Waals surface area contributed by atoms with E-state index in [1.54, 1.807) is 0 Å². The molecule has 2 unspecified atom stereocenters. The first-order valence-corrected chi connectivity index (χ1v) is 13.5. The Labute approximate surface area is 154 Å². The Hall–Kier alpha value is 0.0669. The molecular weight excluding hydrogens is 371 g/mol. The summed E-state index contributed by atoms with van der Waals surface area (Å²) in [6, 6.07) is 4.49. The summed E-state index contributed by atoms with van der Waals surface area (Å²) >= 11 is 17.8. The lowest BCUT2D eigenvalue weighted by Gasteiger charge is -2.40. The maximum atomic E-state index is 6.17. The highest BCUT2D eigenvalue weighted by molar-refractivity contribution is 7.64. The van der Waals surface area contributed by atoms with Crippen LogP contribution in [0, 0.1) is 5.92 Å². The fraction of sp³-hybridized carbons (Fsp3) is 0.647. The van der Waals surface area contributed by atoms with Gasteiger partial charge in [-0.3, -0.25) is 0 Å². The highest BCUT2D eigenvalue weighted by atomic mass is 35.8. The van der Waals surface area contributed by atoms with Gasteiger partial charge in [-0.1, -0.05) is 26.3 Å². The minimum atomic E-state index is -2.51. The highest BCUT2D eigenvalue weighted by Crippen LogP contribution is 2.37. The van der Waals surface area contributed by atoms with Crippen molar-refractivity contribution in [2.24, 2.45) is 5.92 Å². The summed E-state index contributed by atoms with van der Waals surface area (Å²) < 4.78 is 12.2. The normalized spacial score (nSPS) is 22.3. The van der Waals surface area contributed by atoms with Gasteiger partial charge in [0.15, 0.2) is 0 Å². The number of halogens is 3. The highest BCUT2D eigenvalue weighted by Gasteiger charge is 2.37. The van der Waals surface area contributed by atoms with Crippen molar-refractivity contribution in [2.45, 2.75) is 64.9 Å². The van der Waals surface area contributed by atoms with E-state index in [1.807, 2.05) is 6.92 Å². The van der Waals surface area contributed by atoms with E-state index >= 15 is 0 Å². The molecule has 2 rings (SSSR count). The van der Waals surface area contributed by atoms with E-state index in [-0.39, 0.29) is 0 Å². The molecule has 1 heterocycles. The predicted octanol–water partition coefficient (Wildman–Crippen LogP) is 6.34. The number of fused-ring (bicyclic) bond motifs is 1. The van der Waals surface area contributed by atoms with Crippen LogP contribution in [0.25, 0.3) is 0 Å². The van der Waals surface area contributed by atoms with Crippen molar-refractivity contribution in [3.05, 3.63) is 29.3 Å². The van der Waals surface area contributed by atoms with E-state index < -0.39 is 11.8 Å². The van der Waals surface area contributed by atoms with E-state index in [9.17, 15) is 0 Å². The van der Waals surface area contributed by atoms with Gasteiger partial charge in [0, 0.05) is 18.4 Å². The first-order chi connectivity index (χ1) is 10.7. The van der Waals surface area contributed by atoms with Crippen molar-refractivity contribution in [1.29, 1.82) is 0 Å². The summed E-state index contributed by atoms with van der Waals surface area (Å²) in [5.74, 6) is 0.752. The molecule has 0 saturated carbocycles. The zero-order chi connectivity index (χ0) is 17.1. The zero-order valence-corrected chi connectivity index (χ0v) is 17.3. The standard InChI is InChI=1S/C17H25Cl3O2Si/c1-4-6-13(2)17(3)21-12-15-11-14(8-9-16(15)22-17)7-5-10-23(18,19)20/h8-9,11,13H,4-7,10,12H2,1-3H3. The van der Waals surface area contributed by atoms with E-state index in [0.29, 0.717) is 18.6 Å². The van der Waals surface area contributed by atoms with Gasteiger partial charge in [-0.2, -0.15) is 0 Å². The third kappa shape index (κ3) is 5.54. The Bertz CT molecular complexity index is 533. The summed E-state index contributed by atoms with van der Waals surface area (Å²) in [4.78, 5) is 0. The molecule has 2 nitrogen and oxygen atoms in total. The minimum Gasteiger partial charge on any atom is -0.462 e. The second-order valence-corrected chi connectivity index (χ2v) is 15.8. The molecule has 0 N–H and O–H groups in total. The van der Waals surface area contributed by atoms with Crippen molar-refractivity contribution < 1.29 is 9.47 Å². The van der Waals surface area contributed by atoms with Gasteiger partial charge in [0.05, 0.1) is 6.61 Å². The van der Waals surface area contributed by atoms with Gasteiger partial charge >= 0.3 is 6.00 Å². The van der Waals surface area contributed by atoms with Gasteiger partial charge < -0.3 is 9.47 Å². The van der Waals surface area contributed by atoms with Crippen LogP contribution in [-0.4, -0.2) is 11.8 Å². The molecule has 6 heteroatoms. The number of rotatable bonds is 7. The van der Waals surface area contributed by atoms with Crippen molar-refractivity contribution in [3.8, 4) is 5.75 Å². The van der Waals surface area contributed by atoms with Crippen LogP contribution in [0.2, 0.25) is 6.04 Å². The molecule has 0 spiro atoms. The van der Waals surface area contributed by atoms with Crippen molar-refractivity contribution >= 4 is 39.2 Å². The van der Waals surface area contributed by atoms with E-state index in [4.69, 9.17) is 42.7 Å². The lowest BCUT2D eigenvalue weighted by atomic mass is 9.95. The molecule has 130 valence electrons. The van der Waals surface area contributed by atoms with Crippen LogP contribution in [-0.2, 0) is 17.8 Å². The lowest BCUT2D eigenvalue weighted by Crippen LogP contribution is -2.44. The van der Waals surface area contributed by atoms with Gasteiger partial charge in [0.1, 0.15) is 5.75 Å². The third-order valence-electron chi connectivity index (χ3n) is 4.49. The molecule has 0 saturated heterocycles. The lowest BCUT2D eigenvalue weighted by molar-refractivity contribution is -0.223. The van der Waals surface area contributed by atoms with E-state index in [0.717, 1.165) is 37.0 Å². The van der Waals surface area contributed by atoms with Crippen LogP contribution in [0.3, 0.4) is 0 Å². The first kappa shape index (κ1) is 19.4. The molecule has 0 aliphatic carbocycles. The Balaban J connectivity index is 2.01. The first-order valence-electron chi connectivity index (χ1n) is 8.25. The Morgan fingerprint density at radius 1 is 1.30 bits per heavy atom. The van der Waals surface area contributed by atoms with Crippen molar-refractivity contribution in [3.63, 3.8) is 0 Å². The summed E-state index contributed by atoms with van der Waals surface area (Å²) in [6.45, 7) is 7.00. The molecule has 0 bridgehead atoms. The van der Waals surface area contributed by atoms with Gasteiger partial charge in [0.2, 0.25) is 5.79 Å². The van der Waals surface area contributed by atoms with Crippen molar-refractivity contribution in [2.75, 3.05) is 0 Å². The van der Waals surface area contributed by atoms with Gasteiger partial charge in [-0.05, 0) is 43.0 Å². The fourth-order valence-corrected chi connectivity index (χ4v) is 4.68. The number of hydrogen-bond acceptors (Lipinski definition) is 2. The number of benzene rings is 1. The molecule has 0 radical (unpaired) electrons. The van der Waals surface area contributed by atoms with Crippen LogP contribution in [0.15, 0.2) is 18.2 Å². The van der Waals surface area contributed by atoms with Crippen LogP contribution >= 0.6 is 33.2 Å². The zero-order valence-electron chi connectivity index (χ0n) is 14.0. The van der Waals surface area contributed by atoms with Crippen LogP contribution in [0.5, 0.6) is 5.75 Å². The molecule has 2 atom stereocenters. The summed E-state index contributed by atoms with van der Waals surface area (Å²) in [6.07, 6.45) is 4.03. The maximum Gasteiger partial charge on any atom is 0.341 e. The Kier molecular flexibility index (Phi) is 6.72. The average molecular weight is 396 g/mol. The minimum absolute atomic E-state index is 0.356. The summed E-state index contributed by atoms with van der Waals surface area (Å²) in [7, 11) is 0. The van der Waals surface area contributed by atoms with E-state index in [2.05, 4.69) is 32.0 Å². The molecule has 1 aliphatic heterocycles. The third-order valence-corrected chi connectivity index (χ3v) is 7.12. The molecule has 0 fully saturated rings. The topological polar surface area (TPSA) is 18.5 Å². The number of aryl methyl sites for hydroxylation is 1. The molecule has 1 aromatic rings. The summed E-state index contributed by atoms with van der Waals surface area (Å²) in [5.41, 5.74) is 2.35. The molecule has 0 amide bonds. The molecule has 1 aromatic carbocycles. The van der Waals surface area contributed by atoms with Crippen LogP contribution in [0.1, 0.15) is 51.2 Å². The largest absolute Gasteiger partial charge is 0.462 e. The Morgan fingerprint density at radius 2 is 2.04 bits per heavy atom. The Morgan fingerprint density at radius 3 is 2.70 bits per heavy atom. The van der Waals surface area contributed by atoms with Crippen LogP contribution in [0.4, 0.5) is 0 Å². The molecule has 1 aliphatic rings. The molecule has 0 aromatic heterocycles. The van der Waals surface area contributed by atoms with Gasteiger partial charge in [-0.15, -0.1) is 33.2 Å². The number of hydrogen-bond donors (Lipinski definition) is 0. The monoisotopic (exact) mass is 394 g/mol. The second-order valence-electron chi connectivity index (χ2n) is 6.51. The smallest absolute Gasteiger partial charge is 0.341 e. The second kappa shape index (κ2) is 7.96. The quantitative estimate of drug-likeness (QED) is 0.396. The summed E-state index contributed by atoms with van der Waals surface area (Å²) in [5, 5.41) is 0. The van der Waals surface area contributed by atoms with E-state index in [1.165, 1.54) is 5.56 Å². The fourth-order valence-electron chi connectivity index (χ4n) is 2.90. The van der Waals surface area contributed by atoms with Gasteiger partial charge in [0.25, 0.3) is 0 Å². The average Bonchev–Trinajstić information content (AvgIpc) is 2.46. The van der Waals surface area contributed by atoms with Crippen LogP contribution < -0.4 is 4.74 Å².